The number of amides is 6. The van der Waals surface area contributed by atoms with Gasteiger partial charge in [0.25, 0.3) is 0 Å². The first-order valence-electron chi connectivity index (χ1n) is 18.3. The van der Waals surface area contributed by atoms with Crippen molar-refractivity contribution in [3.05, 3.63) is 0 Å². The second kappa shape index (κ2) is 26.4. The van der Waals surface area contributed by atoms with E-state index in [0.29, 0.717) is 38.6 Å². The van der Waals surface area contributed by atoms with Gasteiger partial charge in [0.15, 0.2) is 0 Å². The predicted octanol–water partition coefficient (Wildman–Crippen LogP) is -2.86. The Kier molecular flexibility index (Phi) is 24.2. The summed E-state index contributed by atoms with van der Waals surface area (Å²) in [6, 6.07) is -8.78. The minimum absolute atomic E-state index is 0.0616. The number of carbonyl (C=O) groups is 8. The number of aliphatic hydroxyl groups is 1. The van der Waals surface area contributed by atoms with Gasteiger partial charge in [0.1, 0.15) is 36.3 Å². The fourth-order valence-electron chi connectivity index (χ4n) is 5.10. The molecule has 0 spiro atoms. The zero-order valence-electron chi connectivity index (χ0n) is 32.0. The van der Waals surface area contributed by atoms with Gasteiger partial charge >= 0.3 is 11.9 Å². The molecular formula is C34H63N9O11. The summed E-state index contributed by atoms with van der Waals surface area (Å²) in [5.41, 5.74) is 17.0. The number of nitrogens with two attached hydrogens (primary N) is 3. The molecule has 20 heteroatoms. The summed E-state index contributed by atoms with van der Waals surface area (Å²) in [7, 11) is 0. The van der Waals surface area contributed by atoms with Gasteiger partial charge in [-0.2, -0.15) is 0 Å². The summed E-state index contributed by atoms with van der Waals surface area (Å²) in [6.45, 7) is 8.07. The van der Waals surface area contributed by atoms with Crippen LogP contribution in [0.25, 0.3) is 0 Å². The van der Waals surface area contributed by atoms with E-state index in [-0.39, 0.29) is 25.3 Å². The molecule has 310 valence electrons. The molecule has 0 aliphatic heterocycles. The van der Waals surface area contributed by atoms with E-state index < -0.39 is 115 Å². The van der Waals surface area contributed by atoms with Crippen molar-refractivity contribution < 1.29 is 53.7 Å². The van der Waals surface area contributed by atoms with Gasteiger partial charge in [0, 0.05) is 6.42 Å². The normalized spacial score (nSPS) is 15.1. The number of nitrogens with one attached hydrogen (secondary N) is 6. The van der Waals surface area contributed by atoms with Gasteiger partial charge in [-0.05, 0) is 76.8 Å². The van der Waals surface area contributed by atoms with E-state index >= 15 is 0 Å². The molecule has 0 saturated heterocycles. The first kappa shape index (κ1) is 49.6. The minimum atomic E-state index is -1.53. The summed E-state index contributed by atoms with van der Waals surface area (Å²) < 4.78 is 0. The Morgan fingerprint density at radius 3 is 1.56 bits per heavy atom. The van der Waals surface area contributed by atoms with Gasteiger partial charge in [-0.25, -0.2) is 4.79 Å². The SMILES string of the molecule is CC(C)C[C@H](NC(=O)[C@H](C)NC(=O)[C@H](CO)NC(=O)[C@@H](NC(=O)[C@@H](N)CCCCN)C(C)C)C(=O)N[C@@H](CCCCN)C(=O)N[C@@H](CCC(=O)O)C(=O)O. The number of carboxylic acids is 2. The van der Waals surface area contributed by atoms with Crippen molar-refractivity contribution in [1.82, 2.24) is 31.9 Å². The van der Waals surface area contributed by atoms with Crippen molar-refractivity contribution in [2.45, 2.75) is 135 Å². The van der Waals surface area contributed by atoms with Crippen LogP contribution in [-0.2, 0) is 38.4 Å². The highest BCUT2D eigenvalue weighted by molar-refractivity contribution is 5.97. The predicted molar refractivity (Wildman–Crippen MR) is 197 cm³/mol. The highest BCUT2D eigenvalue weighted by Crippen LogP contribution is 2.10. The topological polar surface area (TPSA) is 347 Å². The molecule has 0 heterocycles. The second-order valence-corrected chi connectivity index (χ2v) is 14.0. The quantitative estimate of drug-likeness (QED) is 0.0356. The van der Waals surface area contributed by atoms with E-state index in [9.17, 15) is 48.6 Å². The number of rotatable bonds is 28. The smallest absolute Gasteiger partial charge is 0.326 e. The Labute approximate surface area is 316 Å². The fourth-order valence-corrected chi connectivity index (χ4v) is 5.10. The van der Waals surface area contributed by atoms with E-state index in [4.69, 9.17) is 22.3 Å². The van der Waals surface area contributed by atoms with Crippen LogP contribution >= 0.6 is 0 Å². The lowest BCUT2D eigenvalue weighted by molar-refractivity contribution is -0.143. The maximum atomic E-state index is 13.5. The second-order valence-electron chi connectivity index (χ2n) is 14.0. The van der Waals surface area contributed by atoms with Crippen LogP contribution in [0.1, 0.15) is 92.4 Å². The molecule has 20 nitrogen and oxygen atoms in total. The van der Waals surface area contributed by atoms with Crippen LogP contribution < -0.4 is 49.1 Å². The number of carbonyl (C=O) groups excluding carboxylic acids is 6. The van der Waals surface area contributed by atoms with Crippen molar-refractivity contribution in [3.8, 4) is 0 Å². The number of aliphatic carboxylic acids is 2. The summed E-state index contributed by atoms with van der Waals surface area (Å²) in [4.78, 5) is 101. The van der Waals surface area contributed by atoms with Crippen molar-refractivity contribution in [3.63, 3.8) is 0 Å². The Bertz CT molecular complexity index is 1250. The molecule has 15 N–H and O–H groups in total. The van der Waals surface area contributed by atoms with Crippen molar-refractivity contribution in [2.24, 2.45) is 29.0 Å². The molecule has 0 rings (SSSR count). The van der Waals surface area contributed by atoms with E-state index in [2.05, 4.69) is 31.9 Å². The van der Waals surface area contributed by atoms with Gasteiger partial charge in [-0.15, -0.1) is 0 Å². The first-order valence-corrected chi connectivity index (χ1v) is 18.3. The summed E-state index contributed by atoms with van der Waals surface area (Å²) >= 11 is 0. The van der Waals surface area contributed by atoms with Crippen molar-refractivity contribution >= 4 is 47.4 Å². The van der Waals surface area contributed by atoms with Crippen LogP contribution in [0.4, 0.5) is 0 Å². The van der Waals surface area contributed by atoms with Crippen LogP contribution in [0.3, 0.4) is 0 Å². The van der Waals surface area contributed by atoms with Crippen LogP contribution in [0.5, 0.6) is 0 Å². The Morgan fingerprint density at radius 1 is 0.556 bits per heavy atom. The molecule has 6 amide bonds. The molecule has 0 radical (unpaired) electrons. The number of hydrogen-bond acceptors (Lipinski definition) is 12. The lowest BCUT2D eigenvalue weighted by Gasteiger charge is -2.27. The van der Waals surface area contributed by atoms with E-state index in [1.807, 2.05) is 0 Å². The molecule has 7 atom stereocenters. The largest absolute Gasteiger partial charge is 0.481 e. The van der Waals surface area contributed by atoms with Crippen LogP contribution in [0, 0.1) is 11.8 Å². The van der Waals surface area contributed by atoms with Crippen molar-refractivity contribution in [2.75, 3.05) is 19.7 Å². The van der Waals surface area contributed by atoms with E-state index in [1.54, 1.807) is 27.7 Å². The van der Waals surface area contributed by atoms with E-state index in [1.165, 1.54) is 6.92 Å². The molecule has 0 saturated carbocycles. The summed E-state index contributed by atoms with van der Waals surface area (Å²) in [5.74, 6) is -8.01. The zero-order valence-corrected chi connectivity index (χ0v) is 32.0. The maximum absolute atomic E-state index is 13.5. The molecule has 0 bridgehead atoms. The van der Waals surface area contributed by atoms with Gasteiger partial charge in [0.2, 0.25) is 35.4 Å². The van der Waals surface area contributed by atoms with Crippen LogP contribution in [-0.4, -0.2) is 125 Å². The summed E-state index contributed by atoms with van der Waals surface area (Å²) in [6.07, 6.45) is 1.75. The molecular weight excluding hydrogens is 710 g/mol. The van der Waals surface area contributed by atoms with Crippen LogP contribution in [0.2, 0.25) is 0 Å². The molecule has 0 aliphatic carbocycles. The Balaban J connectivity index is 5.74. The lowest BCUT2D eigenvalue weighted by Crippen LogP contribution is -2.60. The van der Waals surface area contributed by atoms with Gasteiger partial charge in [-0.3, -0.25) is 33.6 Å². The number of carboxylic acid groups (broad SMARTS) is 2. The molecule has 0 aliphatic rings. The molecule has 54 heavy (non-hydrogen) atoms. The minimum Gasteiger partial charge on any atom is -0.481 e. The number of aliphatic hydroxyl groups excluding tert-OH is 1. The number of hydrogen-bond donors (Lipinski definition) is 12. The first-order chi connectivity index (χ1) is 25.3. The third kappa shape index (κ3) is 19.6. The van der Waals surface area contributed by atoms with E-state index in [0.717, 1.165) is 0 Å². The number of unbranched alkanes of at least 4 members (excludes halogenated alkanes) is 2. The van der Waals surface area contributed by atoms with Crippen LogP contribution in [0.15, 0.2) is 0 Å². The monoisotopic (exact) mass is 773 g/mol. The standard InChI is InChI=1S/C34H63N9O11/c1-18(2)16-24(31(50)39-22(11-7-9-15-36)30(49)40-23(34(53)54)12-13-26(45)46)41-28(47)20(5)38-32(51)25(17-44)42-33(52)27(19(3)4)43-29(48)21(37)10-6-8-14-35/h18-25,27,44H,6-17,35-37H2,1-5H3,(H,38,51)(H,39,50)(H,40,49)(H,41,47)(H,42,52)(H,43,48)(H,45,46)(H,53,54)/t20-,21-,22-,23-,24-,25-,27-/m0/s1. The zero-order chi connectivity index (χ0) is 41.5. The van der Waals surface area contributed by atoms with Gasteiger partial charge in [0.05, 0.1) is 12.6 Å². The van der Waals surface area contributed by atoms with Crippen molar-refractivity contribution in [1.29, 1.82) is 0 Å². The highest BCUT2D eigenvalue weighted by atomic mass is 16.4. The van der Waals surface area contributed by atoms with Gasteiger partial charge in [-0.1, -0.05) is 34.1 Å². The fraction of sp³-hybridized carbons (Fsp3) is 0.765. The third-order valence-corrected chi connectivity index (χ3v) is 8.30. The average molecular weight is 774 g/mol. The Morgan fingerprint density at radius 2 is 1.06 bits per heavy atom. The molecule has 0 fully saturated rings. The molecule has 0 aromatic carbocycles. The molecule has 0 aromatic heterocycles. The highest BCUT2D eigenvalue weighted by Gasteiger charge is 2.33. The molecule has 0 aromatic rings. The lowest BCUT2D eigenvalue weighted by atomic mass is 10.0. The average Bonchev–Trinajstić information content (AvgIpc) is 3.09. The summed E-state index contributed by atoms with van der Waals surface area (Å²) in [5, 5.41) is 43.1. The maximum Gasteiger partial charge on any atom is 0.326 e. The third-order valence-electron chi connectivity index (χ3n) is 8.30. The molecule has 0 unspecified atom stereocenters. The Hall–Kier alpha value is -4.40. The van der Waals surface area contributed by atoms with Gasteiger partial charge < -0.3 is 64.4 Å².